The number of nitrogens with two attached hydrogens (primary N) is 1. The second-order valence-corrected chi connectivity index (χ2v) is 7.69. The van der Waals surface area contributed by atoms with Crippen molar-refractivity contribution in [3.05, 3.63) is 98.9 Å². The molecule has 0 saturated heterocycles. The first kappa shape index (κ1) is 21.6. The number of nitriles is 1. The zero-order valence-electron chi connectivity index (χ0n) is 16.8. The molecule has 3 aromatic carbocycles. The number of benzene rings is 3. The Morgan fingerprint density at radius 2 is 1.72 bits per heavy atom. The number of methoxy groups -OCH3 is 1. The highest BCUT2D eigenvalue weighted by Gasteiger charge is 2.33. The predicted octanol–water partition coefficient (Wildman–Crippen LogP) is 5.44. The first-order valence-corrected chi connectivity index (χ1v) is 10.2. The number of hydrogen-bond donors (Lipinski definition) is 1. The maximum absolute atomic E-state index is 12.5. The number of nitrogens with zero attached hydrogens (tertiary/aromatic N) is 1. The van der Waals surface area contributed by atoms with Crippen LogP contribution < -0.4 is 19.9 Å². The van der Waals surface area contributed by atoms with Gasteiger partial charge in [0.05, 0.1) is 18.6 Å². The van der Waals surface area contributed by atoms with Gasteiger partial charge in [-0.05, 0) is 42.5 Å². The van der Waals surface area contributed by atoms with Crippen LogP contribution in [-0.2, 0) is 0 Å². The van der Waals surface area contributed by atoms with E-state index in [0.29, 0.717) is 38.2 Å². The molecule has 0 aliphatic carbocycles. The predicted molar refractivity (Wildman–Crippen MR) is 120 cm³/mol. The topological polar surface area (TPSA) is 94.6 Å². The van der Waals surface area contributed by atoms with E-state index in [4.69, 9.17) is 43.1 Å². The lowest BCUT2D eigenvalue weighted by molar-refractivity contribution is 0.0734. The van der Waals surface area contributed by atoms with E-state index < -0.39 is 11.9 Å². The van der Waals surface area contributed by atoms with Crippen LogP contribution in [0.1, 0.15) is 27.4 Å². The van der Waals surface area contributed by atoms with E-state index in [1.165, 1.54) is 6.07 Å². The summed E-state index contributed by atoms with van der Waals surface area (Å²) < 4.78 is 16.2. The van der Waals surface area contributed by atoms with E-state index in [1.54, 1.807) is 61.7 Å². The Morgan fingerprint density at radius 3 is 2.34 bits per heavy atom. The van der Waals surface area contributed by atoms with Gasteiger partial charge in [-0.25, -0.2) is 4.79 Å². The van der Waals surface area contributed by atoms with Crippen molar-refractivity contribution >= 4 is 29.2 Å². The second-order valence-electron chi connectivity index (χ2n) is 6.88. The Morgan fingerprint density at radius 1 is 1.06 bits per heavy atom. The van der Waals surface area contributed by atoms with E-state index in [2.05, 4.69) is 6.07 Å². The third-order valence-corrected chi connectivity index (χ3v) is 5.67. The SMILES string of the molecule is COc1ccc(C(=O)Oc2ccc3c(c2)OC(N)=C(C#N)C3c2c(Cl)cccc2Cl)cc1. The number of fused-ring (bicyclic) bond motifs is 1. The summed E-state index contributed by atoms with van der Waals surface area (Å²) in [5.41, 5.74) is 7.74. The highest BCUT2D eigenvalue weighted by Crippen LogP contribution is 2.47. The van der Waals surface area contributed by atoms with Gasteiger partial charge in [-0.1, -0.05) is 35.3 Å². The molecule has 0 spiro atoms. The fourth-order valence-corrected chi connectivity index (χ4v) is 4.09. The van der Waals surface area contributed by atoms with Crippen molar-refractivity contribution < 1.29 is 19.0 Å². The van der Waals surface area contributed by atoms with Gasteiger partial charge in [-0.15, -0.1) is 0 Å². The Bertz CT molecular complexity index is 1260. The van der Waals surface area contributed by atoms with Crippen molar-refractivity contribution in [1.29, 1.82) is 5.26 Å². The second kappa shape index (κ2) is 8.83. The Labute approximate surface area is 194 Å². The molecule has 1 heterocycles. The summed E-state index contributed by atoms with van der Waals surface area (Å²) >= 11 is 12.8. The van der Waals surface area contributed by atoms with Crippen LogP contribution in [0.3, 0.4) is 0 Å². The maximum Gasteiger partial charge on any atom is 0.343 e. The number of ether oxygens (including phenoxy) is 3. The molecule has 0 fully saturated rings. The number of halogens is 2. The van der Waals surface area contributed by atoms with Crippen molar-refractivity contribution in [1.82, 2.24) is 0 Å². The third kappa shape index (κ3) is 3.96. The standard InChI is InChI=1S/C24H16Cl2N2O4/c1-30-14-7-5-13(6-8-14)24(29)31-15-9-10-16-20(11-15)32-23(28)17(12-27)21(16)22-18(25)3-2-4-19(22)26/h2-11,21H,28H2,1H3. The number of carbonyl (C=O) groups excluding carboxylic acids is 1. The zero-order valence-corrected chi connectivity index (χ0v) is 18.3. The van der Waals surface area contributed by atoms with Gasteiger partial charge >= 0.3 is 5.97 Å². The molecule has 1 atom stereocenters. The van der Waals surface area contributed by atoms with Crippen molar-refractivity contribution in [2.45, 2.75) is 5.92 Å². The van der Waals surface area contributed by atoms with Gasteiger partial charge in [-0.3, -0.25) is 0 Å². The molecule has 1 unspecified atom stereocenters. The lowest BCUT2D eigenvalue weighted by atomic mass is 9.83. The Hall–Kier alpha value is -3.66. The Kier molecular flexibility index (Phi) is 5.95. The van der Waals surface area contributed by atoms with Gasteiger partial charge in [0.25, 0.3) is 0 Å². The molecule has 3 aromatic rings. The summed E-state index contributed by atoms with van der Waals surface area (Å²) in [6, 6.07) is 18.6. The van der Waals surface area contributed by atoms with E-state index in [1.807, 2.05) is 0 Å². The highest BCUT2D eigenvalue weighted by molar-refractivity contribution is 6.36. The van der Waals surface area contributed by atoms with Crippen LogP contribution in [0, 0.1) is 11.3 Å². The zero-order chi connectivity index (χ0) is 22.8. The largest absolute Gasteiger partial charge is 0.497 e. The van der Waals surface area contributed by atoms with Gasteiger partial charge in [0.15, 0.2) is 0 Å². The van der Waals surface area contributed by atoms with Gasteiger partial charge in [0.2, 0.25) is 5.88 Å². The third-order valence-electron chi connectivity index (χ3n) is 5.02. The molecular weight excluding hydrogens is 451 g/mol. The first-order chi connectivity index (χ1) is 15.4. The van der Waals surface area contributed by atoms with Crippen LogP contribution in [-0.4, -0.2) is 13.1 Å². The molecule has 0 aromatic heterocycles. The molecule has 2 N–H and O–H groups in total. The van der Waals surface area contributed by atoms with Gasteiger partial charge in [0.1, 0.15) is 28.9 Å². The van der Waals surface area contributed by atoms with Crippen molar-refractivity contribution in [2.75, 3.05) is 7.11 Å². The summed E-state index contributed by atoms with van der Waals surface area (Å²) in [4.78, 5) is 12.5. The normalized spacial score (nSPS) is 14.8. The molecule has 32 heavy (non-hydrogen) atoms. The summed E-state index contributed by atoms with van der Waals surface area (Å²) in [7, 11) is 1.54. The van der Waals surface area contributed by atoms with Crippen LogP contribution in [0.4, 0.5) is 0 Å². The Balaban J connectivity index is 1.70. The molecule has 0 saturated carbocycles. The lowest BCUT2D eigenvalue weighted by Crippen LogP contribution is -2.21. The molecule has 0 amide bonds. The summed E-state index contributed by atoms with van der Waals surface area (Å²) in [6.07, 6.45) is 0. The van der Waals surface area contributed by atoms with Crippen molar-refractivity contribution in [2.24, 2.45) is 5.73 Å². The number of carbonyl (C=O) groups is 1. The molecular formula is C24H16Cl2N2O4. The molecule has 6 nitrogen and oxygen atoms in total. The summed E-state index contributed by atoms with van der Waals surface area (Å²) in [6.45, 7) is 0. The van der Waals surface area contributed by atoms with E-state index in [9.17, 15) is 10.1 Å². The summed E-state index contributed by atoms with van der Waals surface area (Å²) in [5, 5.41) is 10.5. The maximum atomic E-state index is 12.5. The van der Waals surface area contributed by atoms with Gasteiger partial charge in [0, 0.05) is 27.2 Å². The van der Waals surface area contributed by atoms with Crippen LogP contribution in [0.25, 0.3) is 0 Å². The average Bonchev–Trinajstić information content (AvgIpc) is 2.78. The number of allylic oxidation sites excluding steroid dienone is 1. The van der Waals surface area contributed by atoms with Crippen molar-refractivity contribution in [3.63, 3.8) is 0 Å². The molecule has 0 bridgehead atoms. The monoisotopic (exact) mass is 466 g/mol. The lowest BCUT2D eigenvalue weighted by Gasteiger charge is -2.27. The van der Waals surface area contributed by atoms with Crippen molar-refractivity contribution in [3.8, 4) is 23.3 Å². The minimum Gasteiger partial charge on any atom is -0.497 e. The fourth-order valence-electron chi connectivity index (χ4n) is 3.48. The van der Waals surface area contributed by atoms with E-state index >= 15 is 0 Å². The summed E-state index contributed by atoms with van der Waals surface area (Å²) in [5.74, 6) is -0.0286. The first-order valence-electron chi connectivity index (χ1n) is 9.44. The van der Waals surface area contributed by atoms with Crippen LogP contribution in [0.15, 0.2) is 72.1 Å². The fraction of sp³-hybridized carbons (Fsp3) is 0.0833. The van der Waals surface area contributed by atoms with Crippen LogP contribution in [0.5, 0.6) is 17.2 Å². The van der Waals surface area contributed by atoms with Gasteiger partial charge in [-0.2, -0.15) is 5.26 Å². The number of rotatable bonds is 4. The minimum atomic E-state index is -0.628. The van der Waals surface area contributed by atoms with E-state index in [-0.39, 0.29) is 17.2 Å². The molecule has 4 rings (SSSR count). The molecule has 0 radical (unpaired) electrons. The van der Waals surface area contributed by atoms with Crippen LogP contribution in [0.2, 0.25) is 10.0 Å². The van der Waals surface area contributed by atoms with Crippen LogP contribution >= 0.6 is 23.2 Å². The number of esters is 1. The molecule has 1 aliphatic rings. The molecule has 8 heteroatoms. The van der Waals surface area contributed by atoms with E-state index in [0.717, 1.165) is 0 Å². The molecule has 160 valence electrons. The highest BCUT2D eigenvalue weighted by atomic mass is 35.5. The average molecular weight is 467 g/mol. The quantitative estimate of drug-likeness (QED) is 0.406. The van der Waals surface area contributed by atoms with Gasteiger partial charge < -0.3 is 19.9 Å². The number of hydrogen-bond acceptors (Lipinski definition) is 6. The smallest absolute Gasteiger partial charge is 0.343 e. The minimum absolute atomic E-state index is 0.0698. The molecule has 1 aliphatic heterocycles.